The molecule has 1 N–H and O–H groups in total. The summed E-state index contributed by atoms with van der Waals surface area (Å²) in [5, 5.41) is 7.69. The Morgan fingerprint density at radius 1 is 1.20 bits per heavy atom. The Labute approximate surface area is 151 Å². The maximum atomic E-state index is 12.6. The van der Waals surface area contributed by atoms with Gasteiger partial charge in [0.15, 0.2) is 0 Å². The standard InChI is InChI=1S/C19H33N5O/c1-14-15(2)21-24(16(14)3)10-6-9-20-19(25)23-12-17-7-5-8-18(13-23)22(4)11-17/h17-18H,5-13H2,1-4H3,(H,20,25)/t17-,18-/m0/s1. The van der Waals surface area contributed by atoms with Crippen LogP contribution < -0.4 is 5.32 Å². The number of nitrogens with zero attached hydrogens (tertiary/aromatic N) is 4. The van der Waals surface area contributed by atoms with E-state index in [-0.39, 0.29) is 6.03 Å². The van der Waals surface area contributed by atoms with E-state index in [0.717, 1.165) is 38.3 Å². The second kappa shape index (κ2) is 7.77. The molecule has 2 fully saturated rings. The highest BCUT2D eigenvalue weighted by atomic mass is 16.2. The minimum absolute atomic E-state index is 0.108. The van der Waals surface area contributed by atoms with Crippen molar-refractivity contribution in [3.8, 4) is 0 Å². The number of amides is 2. The van der Waals surface area contributed by atoms with Gasteiger partial charge in [-0.05, 0) is 58.6 Å². The molecule has 2 aliphatic rings. The maximum Gasteiger partial charge on any atom is 0.317 e. The van der Waals surface area contributed by atoms with E-state index in [1.165, 1.54) is 30.5 Å². The van der Waals surface area contributed by atoms with Crippen LogP contribution in [0.25, 0.3) is 0 Å². The van der Waals surface area contributed by atoms with Crippen LogP contribution in [0.2, 0.25) is 0 Å². The quantitative estimate of drug-likeness (QED) is 0.851. The molecular weight excluding hydrogens is 314 g/mol. The molecule has 3 heterocycles. The summed E-state index contributed by atoms with van der Waals surface area (Å²) in [7, 11) is 2.21. The molecule has 6 nitrogen and oxygen atoms in total. The molecule has 1 aromatic rings. The molecule has 0 unspecified atom stereocenters. The predicted molar refractivity (Wildman–Crippen MR) is 99.8 cm³/mol. The normalized spacial score (nSPS) is 24.2. The van der Waals surface area contributed by atoms with Gasteiger partial charge in [0.1, 0.15) is 0 Å². The number of aryl methyl sites for hydroxylation is 2. The summed E-state index contributed by atoms with van der Waals surface area (Å²) in [5.41, 5.74) is 3.60. The van der Waals surface area contributed by atoms with Gasteiger partial charge in [-0.3, -0.25) is 4.68 Å². The first-order chi connectivity index (χ1) is 12.0. The molecule has 3 rings (SSSR count). The molecule has 0 saturated carbocycles. The van der Waals surface area contributed by atoms with E-state index in [0.29, 0.717) is 18.5 Å². The van der Waals surface area contributed by atoms with Crippen LogP contribution in [0.5, 0.6) is 0 Å². The molecular formula is C19H33N5O. The van der Waals surface area contributed by atoms with Gasteiger partial charge >= 0.3 is 6.03 Å². The summed E-state index contributed by atoms with van der Waals surface area (Å²) in [6, 6.07) is 0.632. The van der Waals surface area contributed by atoms with Gasteiger partial charge in [-0.25, -0.2) is 4.79 Å². The van der Waals surface area contributed by atoms with Crippen LogP contribution in [0.3, 0.4) is 0 Å². The van der Waals surface area contributed by atoms with Crippen molar-refractivity contribution in [3.05, 3.63) is 17.0 Å². The zero-order valence-corrected chi connectivity index (χ0v) is 16.2. The number of likely N-dealkylation sites (tertiary alicyclic amines) is 1. The Balaban J connectivity index is 1.47. The van der Waals surface area contributed by atoms with E-state index in [1.54, 1.807) is 0 Å². The average Bonchev–Trinajstić information content (AvgIpc) is 2.73. The van der Waals surface area contributed by atoms with Gasteiger partial charge in [0, 0.05) is 44.5 Å². The summed E-state index contributed by atoms with van der Waals surface area (Å²) in [4.78, 5) is 17.1. The van der Waals surface area contributed by atoms with E-state index in [1.807, 2.05) is 11.8 Å². The van der Waals surface area contributed by atoms with Gasteiger partial charge in [0.25, 0.3) is 0 Å². The lowest BCUT2D eigenvalue weighted by Gasteiger charge is -2.29. The lowest BCUT2D eigenvalue weighted by atomic mass is 10.00. The fourth-order valence-corrected chi connectivity index (χ4v) is 4.24. The zero-order chi connectivity index (χ0) is 18.0. The third-order valence-electron chi connectivity index (χ3n) is 6.08. The predicted octanol–water partition coefficient (Wildman–Crippen LogP) is 2.32. The van der Waals surface area contributed by atoms with Gasteiger partial charge in [0.2, 0.25) is 0 Å². The Kier molecular flexibility index (Phi) is 5.67. The fourth-order valence-electron chi connectivity index (χ4n) is 4.24. The molecule has 2 bridgehead atoms. The van der Waals surface area contributed by atoms with Gasteiger partial charge < -0.3 is 15.1 Å². The molecule has 6 heteroatoms. The molecule has 140 valence electrons. The van der Waals surface area contributed by atoms with E-state index >= 15 is 0 Å². The van der Waals surface area contributed by atoms with Gasteiger partial charge in [-0.2, -0.15) is 5.10 Å². The average molecular weight is 348 g/mol. The topological polar surface area (TPSA) is 53.4 Å². The summed E-state index contributed by atoms with van der Waals surface area (Å²) >= 11 is 0. The lowest BCUT2D eigenvalue weighted by Crippen LogP contribution is -2.46. The largest absolute Gasteiger partial charge is 0.338 e. The van der Waals surface area contributed by atoms with Crippen LogP contribution in [0, 0.1) is 26.7 Å². The number of urea groups is 1. The summed E-state index contributed by atoms with van der Waals surface area (Å²) in [6.07, 6.45) is 4.68. The van der Waals surface area contributed by atoms with Crippen molar-refractivity contribution in [2.75, 3.05) is 33.2 Å². The first-order valence-corrected chi connectivity index (χ1v) is 9.69. The van der Waals surface area contributed by atoms with Crippen LogP contribution in [0.15, 0.2) is 0 Å². The number of fused-ring (bicyclic) bond motifs is 3. The van der Waals surface area contributed by atoms with Crippen LogP contribution in [-0.2, 0) is 6.54 Å². The number of aromatic nitrogens is 2. The molecule has 0 aromatic carbocycles. The third kappa shape index (κ3) is 4.17. The summed E-state index contributed by atoms with van der Waals surface area (Å²) in [5.74, 6) is 0.626. The van der Waals surface area contributed by atoms with Crippen molar-refractivity contribution in [1.29, 1.82) is 0 Å². The number of carbonyl (C=O) groups is 1. The Morgan fingerprint density at radius 3 is 2.72 bits per heavy atom. The van der Waals surface area contributed by atoms with Crippen LogP contribution >= 0.6 is 0 Å². The molecule has 0 spiro atoms. The zero-order valence-electron chi connectivity index (χ0n) is 16.2. The van der Waals surface area contributed by atoms with Gasteiger partial charge in [-0.1, -0.05) is 6.42 Å². The Bertz CT molecular complexity index is 611. The monoisotopic (exact) mass is 347 g/mol. The Morgan fingerprint density at radius 2 is 2.00 bits per heavy atom. The first-order valence-electron chi connectivity index (χ1n) is 9.69. The number of rotatable bonds is 4. The first kappa shape index (κ1) is 18.2. The molecule has 0 aliphatic carbocycles. The number of hydrogen-bond donors (Lipinski definition) is 1. The smallest absolute Gasteiger partial charge is 0.317 e. The van der Waals surface area contributed by atoms with Gasteiger partial charge in [0.05, 0.1) is 5.69 Å². The highest BCUT2D eigenvalue weighted by molar-refractivity contribution is 5.74. The molecule has 0 radical (unpaired) electrons. The number of carbonyl (C=O) groups excluding carboxylic acids is 1. The number of nitrogens with one attached hydrogen (secondary N) is 1. The summed E-state index contributed by atoms with van der Waals surface area (Å²) in [6.45, 7) is 10.7. The molecule has 25 heavy (non-hydrogen) atoms. The summed E-state index contributed by atoms with van der Waals surface area (Å²) < 4.78 is 2.06. The third-order valence-corrected chi connectivity index (χ3v) is 6.08. The molecule has 2 aliphatic heterocycles. The van der Waals surface area contributed by atoms with Crippen molar-refractivity contribution in [1.82, 2.24) is 24.9 Å². The van der Waals surface area contributed by atoms with Crippen LogP contribution in [-0.4, -0.2) is 64.9 Å². The molecule has 2 atom stereocenters. The van der Waals surface area contributed by atoms with Crippen LogP contribution in [0.1, 0.15) is 42.6 Å². The van der Waals surface area contributed by atoms with E-state index in [9.17, 15) is 4.79 Å². The number of likely N-dealkylation sites (N-methyl/N-ethyl adjacent to an activating group) is 1. The number of hydrogen-bond acceptors (Lipinski definition) is 3. The van der Waals surface area contributed by atoms with E-state index < -0.39 is 0 Å². The van der Waals surface area contributed by atoms with Crippen LogP contribution in [0.4, 0.5) is 4.79 Å². The highest BCUT2D eigenvalue weighted by Gasteiger charge is 2.32. The fraction of sp³-hybridized carbons (Fsp3) is 0.789. The molecule has 2 saturated heterocycles. The molecule has 2 amide bonds. The van der Waals surface area contributed by atoms with E-state index in [4.69, 9.17) is 0 Å². The van der Waals surface area contributed by atoms with Crippen molar-refractivity contribution >= 4 is 6.03 Å². The minimum atomic E-state index is 0.108. The molecule has 1 aromatic heterocycles. The SMILES string of the molecule is Cc1nn(CCCNC(=O)N2C[C@H]3CCC[C@@H](C2)N(C)C3)c(C)c1C. The maximum absolute atomic E-state index is 12.6. The highest BCUT2D eigenvalue weighted by Crippen LogP contribution is 2.25. The minimum Gasteiger partial charge on any atom is -0.338 e. The van der Waals surface area contributed by atoms with Gasteiger partial charge in [-0.15, -0.1) is 0 Å². The Hall–Kier alpha value is -1.56. The second-order valence-electron chi connectivity index (χ2n) is 7.90. The second-order valence-corrected chi connectivity index (χ2v) is 7.90. The lowest BCUT2D eigenvalue weighted by molar-refractivity contribution is 0.175. The van der Waals surface area contributed by atoms with Crippen molar-refractivity contribution in [2.24, 2.45) is 5.92 Å². The van der Waals surface area contributed by atoms with Crippen molar-refractivity contribution in [2.45, 2.75) is 59.0 Å². The van der Waals surface area contributed by atoms with Crippen molar-refractivity contribution < 1.29 is 4.79 Å². The van der Waals surface area contributed by atoms with Crippen molar-refractivity contribution in [3.63, 3.8) is 0 Å². The van der Waals surface area contributed by atoms with E-state index in [2.05, 4.69) is 40.9 Å².